The summed E-state index contributed by atoms with van der Waals surface area (Å²) in [6.45, 7) is 0. The normalized spacial score (nSPS) is 12.2. The lowest BCUT2D eigenvalue weighted by Crippen LogP contribution is -2.00. The van der Waals surface area contributed by atoms with Crippen molar-refractivity contribution in [3.63, 3.8) is 0 Å². The second kappa shape index (κ2) is 7.17. The van der Waals surface area contributed by atoms with Gasteiger partial charge in [-0.15, -0.1) is 0 Å². The monoisotopic (exact) mass is 436 g/mol. The number of hydrogen-bond donors (Lipinski definition) is 0. The Morgan fingerprint density at radius 2 is 1.00 bits per heavy atom. The first-order valence-electron chi connectivity index (χ1n) is 10.5. The van der Waals surface area contributed by atoms with E-state index in [9.17, 15) is 18.0 Å². The highest BCUT2D eigenvalue weighted by Crippen LogP contribution is 2.51. The summed E-state index contributed by atoms with van der Waals surface area (Å²) in [5.41, 5.74) is 5.28. The summed E-state index contributed by atoms with van der Waals surface area (Å²) in [4.78, 5) is 13.5. The van der Waals surface area contributed by atoms with Crippen molar-refractivity contribution in [2.75, 3.05) is 0 Å². The molecule has 1 aliphatic rings. The maximum absolute atomic E-state index is 14.4. The molecule has 0 radical (unpaired) electrons. The molecule has 5 aromatic carbocycles. The van der Waals surface area contributed by atoms with Crippen LogP contribution in [-0.4, -0.2) is 5.78 Å². The van der Waals surface area contributed by atoms with Gasteiger partial charge in [0.1, 0.15) is 17.5 Å². The average Bonchev–Trinajstić information content (AvgIpc) is 3.12. The van der Waals surface area contributed by atoms with Gasteiger partial charge in [0, 0.05) is 16.7 Å². The summed E-state index contributed by atoms with van der Waals surface area (Å²) in [5.74, 6) is -1.38. The molecule has 0 spiro atoms. The Morgan fingerprint density at radius 3 is 1.64 bits per heavy atom. The van der Waals surface area contributed by atoms with Gasteiger partial charge in [0.05, 0.1) is 0 Å². The first kappa shape index (κ1) is 19.5. The minimum atomic E-state index is -0.451. The van der Waals surface area contributed by atoms with Crippen LogP contribution >= 0.6 is 0 Å². The maximum atomic E-state index is 14.4. The molecule has 0 saturated heterocycles. The predicted octanol–water partition coefficient (Wildman–Crippen LogP) is 7.80. The van der Waals surface area contributed by atoms with Gasteiger partial charge < -0.3 is 0 Å². The van der Waals surface area contributed by atoms with E-state index >= 15 is 0 Å². The Kier molecular flexibility index (Phi) is 4.24. The van der Waals surface area contributed by atoms with Crippen LogP contribution in [0.1, 0.15) is 15.9 Å². The number of ketones is 1. The van der Waals surface area contributed by atoms with Crippen LogP contribution in [0.25, 0.3) is 44.2 Å². The molecular weight excluding hydrogens is 421 g/mol. The standard InChI is InChI=1S/C29H15F3O/c30-18-9-5-16(6-10-18)25-22-14-13-20(32)15-24(22)28-27(21-3-1-2-4-23(21)29(28)33)26(25)17-7-11-19(31)12-8-17/h1-15H. The van der Waals surface area contributed by atoms with Crippen LogP contribution in [0, 0.1) is 17.5 Å². The van der Waals surface area contributed by atoms with Crippen LogP contribution in [-0.2, 0) is 0 Å². The van der Waals surface area contributed by atoms with Crippen LogP contribution in [0.4, 0.5) is 13.2 Å². The third kappa shape index (κ3) is 2.91. The molecular formula is C29H15F3O. The molecule has 5 aromatic rings. The topological polar surface area (TPSA) is 17.1 Å². The van der Waals surface area contributed by atoms with Gasteiger partial charge in [-0.3, -0.25) is 4.79 Å². The summed E-state index contributed by atoms with van der Waals surface area (Å²) >= 11 is 0. The lowest BCUT2D eigenvalue weighted by molar-refractivity contribution is 0.104. The number of carbonyl (C=O) groups is 1. The van der Waals surface area contributed by atoms with E-state index in [1.807, 2.05) is 12.1 Å². The van der Waals surface area contributed by atoms with Gasteiger partial charge >= 0.3 is 0 Å². The number of carbonyl (C=O) groups excluding carboxylic acids is 1. The van der Waals surface area contributed by atoms with E-state index in [4.69, 9.17) is 0 Å². The van der Waals surface area contributed by atoms with Gasteiger partial charge in [-0.1, -0.05) is 54.6 Å². The molecule has 1 nitrogen and oxygen atoms in total. The van der Waals surface area contributed by atoms with Crippen molar-refractivity contribution in [2.24, 2.45) is 0 Å². The van der Waals surface area contributed by atoms with Crippen LogP contribution < -0.4 is 0 Å². The second-order valence-corrected chi connectivity index (χ2v) is 8.08. The lowest BCUT2D eigenvalue weighted by atomic mass is 9.82. The summed E-state index contributed by atoms with van der Waals surface area (Å²) in [6, 6.07) is 23.8. The van der Waals surface area contributed by atoms with Crippen LogP contribution in [0.2, 0.25) is 0 Å². The van der Waals surface area contributed by atoms with E-state index < -0.39 is 5.82 Å². The molecule has 0 unspecified atom stereocenters. The first-order chi connectivity index (χ1) is 16.0. The van der Waals surface area contributed by atoms with Gasteiger partial charge in [0.15, 0.2) is 5.78 Å². The highest BCUT2D eigenvalue weighted by atomic mass is 19.1. The van der Waals surface area contributed by atoms with Crippen LogP contribution in [0.5, 0.6) is 0 Å². The number of fused-ring (bicyclic) bond motifs is 5. The minimum Gasteiger partial charge on any atom is -0.289 e. The third-order valence-electron chi connectivity index (χ3n) is 6.20. The maximum Gasteiger partial charge on any atom is 0.194 e. The smallest absolute Gasteiger partial charge is 0.194 e. The molecule has 1 aliphatic carbocycles. The van der Waals surface area contributed by atoms with Crippen molar-refractivity contribution in [3.8, 4) is 33.4 Å². The fourth-order valence-corrected chi connectivity index (χ4v) is 4.82. The van der Waals surface area contributed by atoms with E-state index in [0.717, 1.165) is 16.7 Å². The number of hydrogen-bond acceptors (Lipinski definition) is 1. The zero-order valence-electron chi connectivity index (χ0n) is 17.2. The van der Waals surface area contributed by atoms with E-state index in [1.54, 1.807) is 42.5 Å². The molecule has 0 aliphatic heterocycles. The molecule has 0 bridgehead atoms. The molecule has 158 valence electrons. The molecule has 0 N–H and O–H groups in total. The largest absolute Gasteiger partial charge is 0.289 e. The number of halogens is 3. The molecule has 4 heteroatoms. The SMILES string of the molecule is O=C1c2ccccc2-c2c(-c3ccc(F)cc3)c(-c3ccc(F)cc3)c3ccc(F)cc3c21. The van der Waals surface area contributed by atoms with Gasteiger partial charge in [0.2, 0.25) is 0 Å². The molecule has 0 fully saturated rings. The van der Waals surface area contributed by atoms with E-state index in [-0.39, 0.29) is 17.4 Å². The second-order valence-electron chi connectivity index (χ2n) is 8.08. The van der Waals surface area contributed by atoms with E-state index in [0.29, 0.717) is 38.6 Å². The first-order valence-corrected chi connectivity index (χ1v) is 10.5. The zero-order valence-corrected chi connectivity index (χ0v) is 17.2. The third-order valence-corrected chi connectivity index (χ3v) is 6.20. The fourth-order valence-electron chi connectivity index (χ4n) is 4.82. The average molecular weight is 436 g/mol. The molecule has 6 rings (SSSR count). The van der Waals surface area contributed by atoms with Crippen molar-refractivity contribution in [2.45, 2.75) is 0 Å². The van der Waals surface area contributed by atoms with Gasteiger partial charge in [-0.05, 0) is 75.0 Å². The highest BCUT2D eigenvalue weighted by molar-refractivity contribution is 6.32. The van der Waals surface area contributed by atoms with Crippen molar-refractivity contribution >= 4 is 16.6 Å². The minimum absolute atomic E-state index is 0.176. The highest BCUT2D eigenvalue weighted by Gasteiger charge is 2.33. The molecule has 0 saturated carbocycles. The quantitative estimate of drug-likeness (QED) is 0.271. The van der Waals surface area contributed by atoms with Crippen molar-refractivity contribution < 1.29 is 18.0 Å². The molecule has 0 heterocycles. The Balaban J connectivity index is 1.87. The predicted molar refractivity (Wildman–Crippen MR) is 124 cm³/mol. The number of rotatable bonds is 2. The Morgan fingerprint density at radius 1 is 0.455 bits per heavy atom. The molecule has 0 atom stereocenters. The van der Waals surface area contributed by atoms with Crippen molar-refractivity contribution in [1.82, 2.24) is 0 Å². The summed E-state index contributed by atoms with van der Waals surface area (Å²) in [6.07, 6.45) is 0. The van der Waals surface area contributed by atoms with E-state index in [1.165, 1.54) is 36.4 Å². The zero-order chi connectivity index (χ0) is 22.7. The molecule has 0 aromatic heterocycles. The lowest BCUT2D eigenvalue weighted by Gasteiger charge is -2.20. The molecule has 33 heavy (non-hydrogen) atoms. The van der Waals surface area contributed by atoms with Crippen molar-refractivity contribution in [3.05, 3.63) is 120 Å². The Bertz CT molecular complexity index is 1580. The number of benzene rings is 5. The van der Waals surface area contributed by atoms with Gasteiger partial charge in [-0.25, -0.2) is 13.2 Å². The van der Waals surface area contributed by atoms with Crippen LogP contribution in [0.15, 0.2) is 91.0 Å². The van der Waals surface area contributed by atoms with E-state index in [2.05, 4.69) is 0 Å². The Hall–Kier alpha value is -4.18. The summed E-state index contributed by atoms with van der Waals surface area (Å²) < 4.78 is 42.0. The fraction of sp³-hybridized carbons (Fsp3) is 0. The van der Waals surface area contributed by atoms with Crippen LogP contribution in [0.3, 0.4) is 0 Å². The van der Waals surface area contributed by atoms with Gasteiger partial charge in [0.25, 0.3) is 0 Å². The van der Waals surface area contributed by atoms with Crippen molar-refractivity contribution in [1.29, 1.82) is 0 Å². The summed E-state index contributed by atoms with van der Waals surface area (Å²) in [7, 11) is 0. The molecule has 0 amide bonds. The summed E-state index contributed by atoms with van der Waals surface area (Å²) in [5, 5.41) is 1.17. The van der Waals surface area contributed by atoms with Gasteiger partial charge in [-0.2, -0.15) is 0 Å². The Labute approximate surface area is 187 Å².